The van der Waals surface area contributed by atoms with E-state index in [0.29, 0.717) is 17.9 Å². The highest BCUT2D eigenvalue weighted by Crippen LogP contribution is 2.20. The summed E-state index contributed by atoms with van der Waals surface area (Å²) in [6.45, 7) is 6.31. The van der Waals surface area contributed by atoms with Crippen molar-refractivity contribution < 1.29 is 24.2 Å². The summed E-state index contributed by atoms with van der Waals surface area (Å²) in [4.78, 5) is 21.4. The molecule has 35 heavy (non-hydrogen) atoms. The van der Waals surface area contributed by atoms with Gasteiger partial charge in [-0.15, -0.1) is 12.4 Å². The monoisotopic (exact) mass is 503 g/mol. The van der Waals surface area contributed by atoms with E-state index in [2.05, 4.69) is 0 Å². The third kappa shape index (κ3) is 9.95. The molecule has 0 radical (unpaired) electrons. The molecule has 3 aromatic rings. The van der Waals surface area contributed by atoms with E-state index in [1.54, 1.807) is 25.3 Å². The highest BCUT2D eigenvalue weighted by atomic mass is 35.5. The number of amides is 2. The average Bonchev–Trinajstić information content (AvgIpc) is 2.79. The van der Waals surface area contributed by atoms with Crippen LogP contribution in [-0.2, 0) is 6.54 Å². The molecule has 0 fully saturated rings. The Hall–Kier alpha value is -3.75. The largest absolute Gasteiger partial charge is 0.507 e. The summed E-state index contributed by atoms with van der Waals surface area (Å²) in [7, 11) is 3.18. The minimum atomic E-state index is -0.609. The lowest BCUT2D eigenvalue weighted by molar-refractivity contribution is 0.0988. The van der Waals surface area contributed by atoms with Gasteiger partial charge in [0.25, 0.3) is 11.8 Å². The van der Waals surface area contributed by atoms with Gasteiger partial charge in [0, 0.05) is 12.1 Å². The number of methoxy groups -OCH3 is 2. The number of carbonyl (C=O) groups excluding carboxylic acids is 2. The zero-order chi connectivity index (χ0) is 25.8. The number of carbonyl (C=O) groups is 2. The minimum Gasteiger partial charge on any atom is -0.507 e. The maximum absolute atomic E-state index is 10.8. The van der Waals surface area contributed by atoms with Gasteiger partial charge in [0.15, 0.2) is 0 Å². The van der Waals surface area contributed by atoms with E-state index in [4.69, 9.17) is 31.8 Å². The molecular formula is C26H34ClN3O5. The third-order valence-electron chi connectivity index (χ3n) is 4.70. The number of nitrogens with two attached hydrogens (primary N) is 3. The molecule has 0 heterocycles. The van der Waals surface area contributed by atoms with Crippen molar-refractivity contribution in [1.82, 2.24) is 0 Å². The molecule has 0 aliphatic rings. The fourth-order valence-electron chi connectivity index (χ4n) is 2.87. The van der Waals surface area contributed by atoms with Gasteiger partial charge in [-0.3, -0.25) is 9.59 Å². The first-order valence-electron chi connectivity index (χ1n) is 10.4. The quantitative estimate of drug-likeness (QED) is 0.416. The Balaban J connectivity index is 0.000000489. The molecule has 0 saturated heterocycles. The van der Waals surface area contributed by atoms with Gasteiger partial charge in [-0.2, -0.15) is 0 Å². The Labute approximate surface area is 212 Å². The van der Waals surface area contributed by atoms with Gasteiger partial charge in [-0.25, -0.2) is 0 Å². The number of phenols is 1. The van der Waals surface area contributed by atoms with Gasteiger partial charge in [0.05, 0.1) is 25.3 Å². The lowest BCUT2D eigenvalue weighted by Gasteiger charge is -2.06. The molecular weight excluding hydrogens is 470 g/mol. The number of hydrogen-bond acceptors (Lipinski definition) is 6. The SMILES string of the molecule is COc1cc(C)ccc1C(N)=O.COc1cc(C)ccc1CN.Cc1ccc(C(N)=O)c(O)c1.Cl. The number of aryl methyl sites for hydroxylation is 3. The normalized spacial score (nSPS) is 9.31. The zero-order valence-corrected chi connectivity index (χ0v) is 21.4. The maximum Gasteiger partial charge on any atom is 0.252 e. The molecule has 9 heteroatoms. The van der Waals surface area contributed by atoms with Gasteiger partial charge < -0.3 is 31.8 Å². The van der Waals surface area contributed by atoms with Gasteiger partial charge in [-0.1, -0.05) is 24.3 Å². The number of halogens is 1. The summed E-state index contributed by atoms with van der Waals surface area (Å²) in [6, 6.07) is 16.0. The minimum absolute atomic E-state index is 0. The van der Waals surface area contributed by atoms with Crippen molar-refractivity contribution in [2.45, 2.75) is 27.3 Å². The highest BCUT2D eigenvalue weighted by Gasteiger charge is 2.07. The summed E-state index contributed by atoms with van der Waals surface area (Å²) < 4.78 is 10.1. The van der Waals surface area contributed by atoms with Crippen LogP contribution < -0.4 is 26.7 Å². The second-order valence-corrected chi connectivity index (χ2v) is 7.47. The number of rotatable bonds is 5. The standard InChI is InChI=1S/C9H11NO2.C9H13NO.C8H9NO2.ClH/c1-6-3-4-7(9(10)11)8(5-6)12-2;1-7-3-4-8(6-10)9(5-7)11-2;1-5-2-3-6(8(9)11)7(10)4-5;/h3-5H,1-2H3,(H2,10,11);3-5H,6,10H2,1-2H3;2-4,10H,1H3,(H2,9,11);1H. The van der Waals surface area contributed by atoms with Crippen LogP contribution in [-0.4, -0.2) is 31.1 Å². The topological polar surface area (TPSA) is 151 Å². The lowest BCUT2D eigenvalue weighted by Crippen LogP contribution is -2.12. The van der Waals surface area contributed by atoms with E-state index in [0.717, 1.165) is 22.4 Å². The van der Waals surface area contributed by atoms with E-state index < -0.39 is 11.8 Å². The molecule has 0 saturated carbocycles. The Morgan fingerprint density at radius 3 is 1.60 bits per heavy atom. The van der Waals surface area contributed by atoms with Gasteiger partial charge >= 0.3 is 0 Å². The first kappa shape index (κ1) is 31.2. The fourth-order valence-corrected chi connectivity index (χ4v) is 2.87. The Morgan fingerprint density at radius 1 is 0.743 bits per heavy atom. The number of ether oxygens (including phenoxy) is 2. The molecule has 0 atom stereocenters. The Bertz CT molecular complexity index is 1140. The smallest absolute Gasteiger partial charge is 0.252 e. The number of benzene rings is 3. The van der Waals surface area contributed by atoms with Crippen molar-refractivity contribution in [3.63, 3.8) is 0 Å². The van der Waals surface area contributed by atoms with Crippen LogP contribution in [0.15, 0.2) is 54.6 Å². The lowest BCUT2D eigenvalue weighted by atomic mass is 10.1. The van der Waals surface area contributed by atoms with Crippen LogP contribution in [0.1, 0.15) is 43.0 Å². The number of primary amides is 2. The van der Waals surface area contributed by atoms with E-state index in [1.165, 1.54) is 24.8 Å². The third-order valence-corrected chi connectivity index (χ3v) is 4.70. The van der Waals surface area contributed by atoms with Crippen LogP contribution in [0, 0.1) is 20.8 Å². The average molecular weight is 504 g/mol. The second-order valence-electron chi connectivity index (χ2n) is 7.47. The van der Waals surface area contributed by atoms with Crippen LogP contribution >= 0.6 is 12.4 Å². The summed E-state index contributed by atoms with van der Waals surface area (Å²) in [6.07, 6.45) is 0. The van der Waals surface area contributed by atoms with Crippen LogP contribution in [0.4, 0.5) is 0 Å². The Kier molecular flexibility index (Phi) is 13.6. The molecule has 0 unspecified atom stereocenters. The number of hydrogen-bond donors (Lipinski definition) is 4. The van der Waals surface area contributed by atoms with Gasteiger partial charge in [0.2, 0.25) is 0 Å². The van der Waals surface area contributed by atoms with Crippen LogP contribution in [0.5, 0.6) is 17.2 Å². The van der Waals surface area contributed by atoms with Crippen molar-refractivity contribution in [2.24, 2.45) is 17.2 Å². The van der Waals surface area contributed by atoms with Gasteiger partial charge in [0.1, 0.15) is 17.2 Å². The first-order chi connectivity index (χ1) is 16.0. The first-order valence-corrected chi connectivity index (χ1v) is 10.4. The van der Waals surface area contributed by atoms with E-state index in [-0.39, 0.29) is 23.7 Å². The predicted octanol–water partition coefficient (Wildman–Crippen LogP) is 3.79. The van der Waals surface area contributed by atoms with Crippen LogP contribution in [0.2, 0.25) is 0 Å². The van der Waals surface area contributed by atoms with Crippen molar-refractivity contribution in [1.29, 1.82) is 0 Å². The molecule has 0 aliphatic heterocycles. The van der Waals surface area contributed by atoms with Crippen LogP contribution in [0.25, 0.3) is 0 Å². The molecule has 3 rings (SSSR count). The molecule has 3 aromatic carbocycles. The summed E-state index contributed by atoms with van der Waals surface area (Å²) in [5.41, 5.74) is 20.3. The summed E-state index contributed by atoms with van der Waals surface area (Å²) in [5, 5.41) is 9.16. The molecule has 7 N–H and O–H groups in total. The number of aromatic hydroxyl groups is 1. The van der Waals surface area contributed by atoms with Crippen LogP contribution in [0.3, 0.4) is 0 Å². The molecule has 0 spiro atoms. The van der Waals surface area contributed by atoms with Crippen molar-refractivity contribution in [2.75, 3.05) is 14.2 Å². The van der Waals surface area contributed by atoms with E-state index in [1.807, 2.05) is 45.0 Å². The van der Waals surface area contributed by atoms with E-state index >= 15 is 0 Å². The van der Waals surface area contributed by atoms with Crippen molar-refractivity contribution in [3.05, 3.63) is 88.0 Å². The molecule has 190 valence electrons. The summed E-state index contributed by atoms with van der Waals surface area (Å²) >= 11 is 0. The molecule has 8 nitrogen and oxygen atoms in total. The molecule has 0 aromatic heterocycles. The molecule has 2 amide bonds. The maximum atomic E-state index is 10.8. The summed E-state index contributed by atoms with van der Waals surface area (Å²) in [5.74, 6) is 0.279. The second kappa shape index (κ2) is 15.2. The molecule has 0 aliphatic carbocycles. The fraction of sp³-hybridized carbons (Fsp3) is 0.231. The van der Waals surface area contributed by atoms with Crippen molar-refractivity contribution >= 4 is 24.2 Å². The van der Waals surface area contributed by atoms with Crippen molar-refractivity contribution in [3.8, 4) is 17.2 Å². The van der Waals surface area contributed by atoms with Gasteiger partial charge in [-0.05, 0) is 67.8 Å². The predicted molar refractivity (Wildman–Crippen MR) is 140 cm³/mol. The Morgan fingerprint density at radius 2 is 1.17 bits per heavy atom. The zero-order valence-electron chi connectivity index (χ0n) is 20.6. The van der Waals surface area contributed by atoms with E-state index in [9.17, 15) is 9.59 Å². The highest BCUT2D eigenvalue weighted by molar-refractivity contribution is 5.96. The molecule has 0 bridgehead atoms.